The van der Waals surface area contributed by atoms with Gasteiger partial charge in [0, 0.05) is 0 Å². The second-order valence-corrected chi connectivity index (χ2v) is 2.87. The molecule has 0 spiro atoms. The molecule has 1 atom stereocenters. The maximum absolute atomic E-state index is 11.2. The molecule has 0 aromatic heterocycles. The molecule has 0 aromatic carbocycles. The zero-order chi connectivity index (χ0) is 8.27. The third-order valence-electron chi connectivity index (χ3n) is 1.88. The second kappa shape index (κ2) is 3.69. The normalized spacial score (nSPS) is 21.5. The molecule has 1 saturated heterocycles. The molecule has 4 nitrogen and oxygen atoms in total. The van der Waals surface area contributed by atoms with Crippen molar-refractivity contribution >= 4 is 5.91 Å². The molecule has 4 heteroatoms. The highest BCUT2D eigenvalue weighted by Crippen LogP contribution is 1.94. The van der Waals surface area contributed by atoms with Crippen LogP contribution >= 0.6 is 0 Å². The van der Waals surface area contributed by atoms with E-state index in [9.17, 15) is 4.79 Å². The average Bonchev–Trinajstić information content (AvgIpc) is 2.05. The fourth-order valence-corrected chi connectivity index (χ4v) is 1.23. The molecule has 1 aliphatic rings. The number of quaternary nitrogens is 1. The SMILES string of the molecule is CC(O)C(=O)N1CC[NH2+]CC1. The minimum Gasteiger partial charge on any atom is -0.384 e. The Labute approximate surface area is 66.2 Å². The van der Waals surface area contributed by atoms with E-state index in [-0.39, 0.29) is 5.91 Å². The first kappa shape index (κ1) is 8.49. The van der Waals surface area contributed by atoms with E-state index in [4.69, 9.17) is 5.11 Å². The van der Waals surface area contributed by atoms with E-state index >= 15 is 0 Å². The van der Waals surface area contributed by atoms with Gasteiger partial charge in [-0.2, -0.15) is 0 Å². The molecule has 0 aliphatic carbocycles. The Balaban J connectivity index is 2.39. The smallest absolute Gasteiger partial charge is 0.251 e. The molecule has 11 heavy (non-hydrogen) atoms. The van der Waals surface area contributed by atoms with Crippen LogP contribution in [0.4, 0.5) is 0 Å². The number of carbonyl (C=O) groups is 1. The molecule has 1 heterocycles. The van der Waals surface area contributed by atoms with Gasteiger partial charge in [-0.3, -0.25) is 4.79 Å². The van der Waals surface area contributed by atoms with Gasteiger partial charge < -0.3 is 15.3 Å². The van der Waals surface area contributed by atoms with Crippen molar-refractivity contribution < 1.29 is 15.2 Å². The van der Waals surface area contributed by atoms with Crippen LogP contribution in [0.25, 0.3) is 0 Å². The number of hydrogen-bond acceptors (Lipinski definition) is 2. The van der Waals surface area contributed by atoms with Crippen LogP contribution in [0.3, 0.4) is 0 Å². The standard InChI is InChI=1S/C7H14N2O2/c1-6(10)7(11)9-4-2-8-3-5-9/h6,8,10H,2-5H2,1H3/p+1. The maximum Gasteiger partial charge on any atom is 0.251 e. The fraction of sp³-hybridized carbons (Fsp3) is 0.857. The van der Waals surface area contributed by atoms with Gasteiger partial charge in [0.05, 0.1) is 26.2 Å². The first-order chi connectivity index (χ1) is 5.22. The van der Waals surface area contributed by atoms with Crippen LogP contribution in [0.5, 0.6) is 0 Å². The number of amides is 1. The summed E-state index contributed by atoms with van der Waals surface area (Å²) in [5, 5.41) is 11.1. The van der Waals surface area contributed by atoms with Gasteiger partial charge in [-0.25, -0.2) is 0 Å². The highest BCUT2D eigenvalue weighted by atomic mass is 16.3. The summed E-state index contributed by atoms with van der Waals surface area (Å²) in [6.07, 6.45) is -0.840. The van der Waals surface area contributed by atoms with E-state index in [1.807, 2.05) is 0 Å². The summed E-state index contributed by atoms with van der Waals surface area (Å²) in [4.78, 5) is 12.9. The molecule has 0 saturated carbocycles. The van der Waals surface area contributed by atoms with Crippen LogP contribution < -0.4 is 5.32 Å². The Bertz CT molecular complexity index is 141. The van der Waals surface area contributed by atoms with Gasteiger partial charge in [0.15, 0.2) is 0 Å². The molecule has 0 radical (unpaired) electrons. The average molecular weight is 159 g/mol. The first-order valence-electron chi connectivity index (χ1n) is 4.00. The third-order valence-corrected chi connectivity index (χ3v) is 1.88. The Morgan fingerprint density at radius 2 is 2.09 bits per heavy atom. The molecule has 1 rings (SSSR count). The van der Waals surface area contributed by atoms with E-state index in [0.29, 0.717) is 0 Å². The molecule has 64 valence electrons. The molecule has 1 fully saturated rings. The van der Waals surface area contributed by atoms with Crippen LogP contribution in [-0.2, 0) is 4.79 Å². The van der Waals surface area contributed by atoms with Crippen LogP contribution in [0.1, 0.15) is 6.92 Å². The van der Waals surface area contributed by atoms with Crippen LogP contribution in [0, 0.1) is 0 Å². The minimum absolute atomic E-state index is 0.141. The number of hydrogen-bond donors (Lipinski definition) is 2. The van der Waals surface area contributed by atoms with E-state index in [1.54, 1.807) is 4.90 Å². The van der Waals surface area contributed by atoms with Crippen molar-refractivity contribution in [3.8, 4) is 0 Å². The zero-order valence-electron chi connectivity index (χ0n) is 6.79. The predicted molar refractivity (Wildman–Crippen MR) is 39.9 cm³/mol. The highest BCUT2D eigenvalue weighted by molar-refractivity contribution is 5.80. The van der Waals surface area contributed by atoms with E-state index in [1.165, 1.54) is 6.92 Å². The van der Waals surface area contributed by atoms with Crippen LogP contribution in [0.2, 0.25) is 0 Å². The third kappa shape index (κ3) is 2.17. The lowest BCUT2D eigenvalue weighted by atomic mass is 10.3. The number of aliphatic hydroxyl groups is 1. The summed E-state index contributed by atoms with van der Waals surface area (Å²) in [5.41, 5.74) is 0. The summed E-state index contributed by atoms with van der Waals surface area (Å²) in [7, 11) is 0. The monoisotopic (exact) mass is 159 g/mol. The number of rotatable bonds is 1. The molecular weight excluding hydrogens is 144 g/mol. The van der Waals surface area contributed by atoms with Gasteiger partial charge in [-0.15, -0.1) is 0 Å². The molecule has 0 aromatic rings. The van der Waals surface area contributed by atoms with Crippen molar-refractivity contribution in [2.75, 3.05) is 26.2 Å². The zero-order valence-corrected chi connectivity index (χ0v) is 6.79. The Morgan fingerprint density at radius 3 is 2.55 bits per heavy atom. The van der Waals surface area contributed by atoms with Crippen molar-refractivity contribution in [2.24, 2.45) is 0 Å². The molecular formula is C7H15N2O2+. The summed E-state index contributed by atoms with van der Waals surface area (Å²) >= 11 is 0. The fourth-order valence-electron chi connectivity index (χ4n) is 1.23. The van der Waals surface area contributed by atoms with E-state index in [0.717, 1.165) is 26.2 Å². The maximum atomic E-state index is 11.2. The van der Waals surface area contributed by atoms with E-state index in [2.05, 4.69) is 5.32 Å². The summed E-state index contributed by atoms with van der Waals surface area (Å²) in [6, 6.07) is 0. The first-order valence-corrected chi connectivity index (χ1v) is 4.00. The highest BCUT2D eigenvalue weighted by Gasteiger charge is 2.21. The lowest BCUT2D eigenvalue weighted by molar-refractivity contribution is -0.662. The lowest BCUT2D eigenvalue weighted by Crippen LogP contribution is -2.90. The van der Waals surface area contributed by atoms with Gasteiger partial charge in [0.1, 0.15) is 6.10 Å². The van der Waals surface area contributed by atoms with Gasteiger partial charge in [-0.05, 0) is 6.92 Å². The van der Waals surface area contributed by atoms with Gasteiger partial charge in [-0.1, -0.05) is 0 Å². The lowest BCUT2D eigenvalue weighted by Gasteiger charge is -2.26. The van der Waals surface area contributed by atoms with Crippen molar-refractivity contribution in [3.63, 3.8) is 0 Å². The predicted octanol–water partition coefficient (Wildman–Crippen LogP) is -2.23. The van der Waals surface area contributed by atoms with Crippen molar-refractivity contribution in [3.05, 3.63) is 0 Å². The quantitative estimate of drug-likeness (QED) is 0.455. The van der Waals surface area contributed by atoms with E-state index < -0.39 is 6.10 Å². The summed E-state index contributed by atoms with van der Waals surface area (Å²) in [6.45, 7) is 4.96. The van der Waals surface area contributed by atoms with Crippen molar-refractivity contribution in [1.82, 2.24) is 4.90 Å². The number of carbonyl (C=O) groups excluding carboxylic acids is 1. The van der Waals surface area contributed by atoms with Crippen LogP contribution in [0.15, 0.2) is 0 Å². The topological polar surface area (TPSA) is 57.1 Å². The van der Waals surface area contributed by atoms with Crippen LogP contribution in [-0.4, -0.2) is 48.2 Å². The number of aliphatic hydroxyl groups excluding tert-OH is 1. The largest absolute Gasteiger partial charge is 0.384 e. The van der Waals surface area contributed by atoms with Gasteiger partial charge in [0.25, 0.3) is 5.91 Å². The summed E-state index contributed by atoms with van der Waals surface area (Å²) in [5.74, 6) is -0.141. The van der Waals surface area contributed by atoms with Gasteiger partial charge >= 0.3 is 0 Å². The Morgan fingerprint density at radius 1 is 1.55 bits per heavy atom. The van der Waals surface area contributed by atoms with Gasteiger partial charge in [0.2, 0.25) is 0 Å². The molecule has 1 unspecified atom stereocenters. The number of piperazine rings is 1. The molecule has 3 N–H and O–H groups in total. The molecule has 1 aliphatic heterocycles. The number of nitrogens with zero attached hydrogens (tertiary/aromatic N) is 1. The van der Waals surface area contributed by atoms with Crippen molar-refractivity contribution in [2.45, 2.75) is 13.0 Å². The second-order valence-electron chi connectivity index (χ2n) is 2.87. The van der Waals surface area contributed by atoms with Crippen molar-refractivity contribution in [1.29, 1.82) is 0 Å². The molecule has 0 bridgehead atoms. The minimum atomic E-state index is -0.840. The summed E-state index contributed by atoms with van der Waals surface area (Å²) < 4.78 is 0. The molecule has 1 amide bonds. The Hall–Kier alpha value is -0.610. The number of nitrogens with two attached hydrogens (primary N) is 1. The Kier molecular flexibility index (Phi) is 2.84.